The quantitative estimate of drug-likeness (QED) is 0.192. The third kappa shape index (κ3) is 7.32. The first-order valence-corrected chi connectivity index (χ1v) is 21.4. The number of dihydropyridines is 1. The van der Waals surface area contributed by atoms with E-state index in [1.807, 2.05) is 0 Å². The average molecular weight is 745 g/mol. The predicted octanol–water partition coefficient (Wildman–Crippen LogP) is 12.0. The van der Waals surface area contributed by atoms with Crippen LogP contribution in [0.5, 0.6) is 0 Å². The van der Waals surface area contributed by atoms with Crippen LogP contribution in [0.3, 0.4) is 0 Å². The van der Waals surface area contributed by atoms with Crippen LogP contribution in [0.1, 0.15) is 97.0 Å². The number of rotatable bonds is 7. The number of aromatic nitrogens is 2. The Kier molecular flexibility index (Phi) is 9.98. The number of fused-ring (bicyclic) bond motifs is 2. The van der Waals surface area contributed by atoms with E-state index in [1.54, 1.807) is 0 Å². The lowest BCUT2D eigenvalue weighted by Crippen LogP contribution is -2.37. The van der Waals surface area contributed by atoms with Crippen LogP contribution in [0.25, 0.3) is 45.8 Å². The van der Waals surface area contributed by atoms with Crippen molar-refractivity contribution >= 4 is 29.0 Å². The summed E-state index contributed by atoms with van der Waals surface area (Å²) in [5.41, 5.74) is 16.3. The first kappa shape index (κ1) is 35.9. The maximum absolute atomic E-state index is 5.52. The molecule has 3 heterocycles. The largest absolute Gasteiger partial charge is 0.310 e. The summed E-state index contributed by atoms with van der Waals surface area (Å²) in [6.07, 6.45) is 36.2. The first-order valence-electron chi connectivity index (χ1n) is 21.4. The molecule has 4 nitrogen and oxygen atoms in total. The molecule has 10 rings (SSSR count). The van der Waals surface area contributed by atoms with E-state index in [2.05, 4.69) is 152 Å². The highest BCUT2D eigenvalue weighted by Crippen LogP contribution is 2.42. The second kappa shape index (κ2) is 15.8. The van der Waals surface area contributed by atoms with Gasteiger partial charge in [0.25, 0.3) is 0 Å². The molecule has 5 atom stereocenters. The minimum atomic E-state index is 0.256. The zero-order valence-electron chi connectivity index (χ0n) is 33.1. The molecule has 0 amide bonds. The molecule has 0 radical (unpaired) electrons. The zero-order chi connectivity index (χ0) is 38.1. The summed E-state index contributed by atoms with van der Waals surface area (Å²) in [7, 11) is 0. The lowest BCUT2D eigenvalue weighted by atomic mass is 9.76. The minimum absolute atomic E-state index is 0.256. The van der Waals surface area contributed by atoms with Gasteiger partial charge in [-0.3, -0.25) is 4.99 Å². The Balaban J connectivity index is 1.10. The summed E-state index contributed by atoms with van der Waals surface area (Å²) in [5, 5.41) is 3.71. The van der Waals surface area contributed by atoms with Gasteiger partial charge >= 0.3 is 0 Å². The highest BCUT2D eigenvalue weighted by molar-refractivity contribution is 5.98. The lowest BCUT2D eigenvalue weighted by molar-refractivity contribution is 0.416. The van der Waals surface area contributed by atoms with Crippen molar-refractivity contribution in [2.45, 2.75) is 70.3 Å². The van der Waals surface area contributed by atoms with E-state index in [9.17, 15) is 0 Å². The van der Waals surface area contributed by atoms with Crippen molar-refractivity contribution in [3.63, 3.8) is 0 Å². The Labute approximate surface area is 338 Å². The SMILES string of the molecule is CC1CC(c2cc(C3=CCC(C4CC=CCN4)C=C3)nc(-c3cc(-c4cccc5c4CCC=C5)cc(C4CC=Cc5ccccc54)c3)n2)=CCC1C1=NCCC=C1. The van der Waals surface area contributed by atoms with E-state index in [-0.39, 0.29) is 5.92 Å². The molecule has 5 unspecified atom stereocenters. The van der Waals surface area contributed by atoms with Crippen LogP contribution in [-0.4, -0.2) is 34.8 Å². The fourth-order valence-electron chi connectivity index (χ4n) is 10.1. The van der Waals surface area contributed by atoms with Crippen LogP contribution >= 0.6 is 0 Å². The summed E-state index contributed by atoms with van der Waals surface area (Å²) in [6, 6.07) is 25.7. The van der Waals surface area contributed by atoms with E-state index < -0.39 is 0 Å². The van der Waals surface area contributed by atoms with Crippen LogP contribution in [0.2, 0.25) is 0 Å². The molecule has 0 bridgehead atoms. The number of nitrogens with one attached hydrogen (secondary N) is 1. The molecule has 0 spiro atoms. The minimum Gasteiger partial charge on any atom is -0.310 e. The summed E-state index contributed by atoms with van der Waals surface area (Å²) in [4.78, 5) is 15.9. The molecule has 0 fully saturated rings. The molecule has 1 N–H and O–H groups in total. The zero-order valence-corrected chi connectivity index (χ0v) is 33.1. The first-order chi connectivity index (χ1) is 28.1. The molecule has 2 aliphatic heterocycles. The van der Waals surface area contributed by atoms with Gasteiger partial charge < -0.3 is 5.32 Å². The number of benzene rings is 3. The van der Waals surface area contributed by atoms with E-state index in [0.717, 1.165) is 87.2 Å². The Morgan fingerprint density at radius 3 is 2.44 bits per heavy atom. The van der Waals surface area contributed by atoms with E-state index >= 15 is 0 Å². The highest BCUT2D eigenvalue weighted by Gasteiger charge is 2.29. The molecular weight excluding hydrogens is 693 g/mol. The molecule has 0 saturated carbocycles. The summed E-state index contributed by atoms with van der Waals surface area (Å²) in [6.45, 7) is 4.26. The molecule has 284 valence electrons. The number of hydrogen-bond donors (Lipinski definition) is 1. The fraction of sp³-hybridized carbons (Fsp3) is 0.302. The molecule has 6 aliphatic rings. The summed E-state index contributed by atoms with van der Waals surface area (Å²) >= 11 is 0. The van der Waals surface area contributed by atoms with Crippen molar-refractivity contribution in [1.82, 2.24) is 15.3 Å². The van der Waals surface area contributed by atoms with Gasteiger partial charge in [-0.2, -0.15) is 0 Å². The number of nitrogens with zero attached hydrogens (tertiary/aromatic N) is 3. The van der Waals surface area contributed by atoms with Crippen molar-refractivity contribution in [2.75, 3.05) is 13.1 Å². The standard InChI is InChI=1S/C53H52N4/c1-35-30-40(26-27-44(35)50-21-7-9-29-55-50)52-34-51(39-24-22-38(23-25-39)49-20-6-8-28-54-49)56-53(57-52)43-32-41(47-18-10-14-36-12-2-4-16-45(36)47)31-42(33-43)48-19-11-15-37-13-3-5-17-46(37)48/h2-4,6-8,10-16,19,21-22,24-26,31-35,38,44,47,49,54H,5,9,17-18,20,23,27-30H2,1H3. The molecule has 4 heteroatoms. The van der Waals surface area contributed by atoms with Crippen LogP contribution < -0.4 is 5.32 Å². The van der Waals surface area contributed by atoms with Gasteiger partial charge in [0.15, 0.2) is 5.82 Å². The fourth-order valence-corrected chi connectivity index (χ4v) is 10.1. The van der Waals surface area contributed by atoms with Gasteiger partial charge in [0, 0.05) is 42.2 Å². The molecule has 1 aromatic heterocycles. The predicted molar refractivity (Wildman–Crippen MR) is 239 cm³/mol. The van der Waals surface area contributed by atoms with Crippen molar-refractivity contribution in [3.05, 3.63) is 167 Å². The topological polar surface area (TPSA) is 50.2 Å². The molecule has 4 aromatic rings. The molecular formula is C53H52N4. The van der Waals surface area contributed by atoms with E-state index in [0.29, 0.717) is 23.8 Å². The smallest absolute Gasteiger partial charge is 0.160 e. The Bertz CT molecular complexity index is 2450. The van der Waals surface area contributed by atoms with Gasteiger partial charge in [-0.25, -0.2) is 9.97 Å². The van der Waals surface area contributed by atoms with Gasteiger partial charge in [0.2, 0.25) is 0 Å². The van der Waals surface area contributed by atoms with Crippen LogP contribution in [0.4, 0.5) is 0 Å². The monoisotopic (exact) mass is 744 g/mol. The van der Waals surface area contributed by atoms with Gasteiger partial charge in [-0.1, -0.05) is 122 Å². The van der Waals surface area contributed by atoms with Crippen molar-refractivity contribution in [1.29, 1.82) is 0 Å². The number of aliphatic imine (C=N–C) groups is 1. The third-order valence-corrected chi connectivity index (χ3v) is 13.2. The molecule has 3 aromatic carbocycles. The maximum Gasteiger partial charge on any atom is 0.160 e. The highest BCUT2D eigenvalue weighted by atomic mass is 14.9. The Morgan fingerprint density at radius 2 is 1.58 bits per heavy atom. The molecule has 4 aliphatic carbocycles. The lowest BCUT2D eigenvalue weighted by Gasteiger charge is -2.30. The van der Waals surface area contributed by atoms with Crippen LogP contribution in [-0.2, 0) is 6.42 Å². The van der Waals surface area contributed by atoms with Gasteiger partial charge in [-0.05, 0) is 138 Å². The van der Waals surface area contributed by atoms with Gasteiger partial charge in [0.1, 0.15) is 0 Å². The summed E-state index contributed by atoms with van der Waals surface area (Å²) in [5.74, 6) is 2.47. The Hall–Kier alpha value is -5.45. The van der Waals surface area contributed by atoms with Crippen LogP contribution in [0, 0.1) is 17.8 Å². The number of allylic oxidation sites excluding steroid dienone is 8. The average Bonchev–Trinajstić information content (AvgIpc) is 3.29. The van der Waals surface area contributed by atoms with E-state index in [4.69, 9.17) is 15.0 Å². The third-order valence-electron chi connectivity index (χ3n) is 13.2. The van der Waals surface area contributed by atoms with Crippen molar-refractivity contribution in [3.8, 4) is 22.5 Å². The second-order valence-electron chi connectivity index (χ2n) is 16.8. The Morgan fingerprint density at radius 1 is 0.702 bits per heavy atom. The van der Waals surface area contributed by atoms with E-state index in [1.165, 1.54) is 55.8 Å². The van der Waals surface area contributed by atoms with Crippen molar-refractivity contribution < 1.29 is 0 Å². The van der Waals surface area contributed by atoms with Crippen LogP contribution in [0.15, 0.2) is 132 Å². The molecule has 0 saturated heterocycles. The van der Waals surface area contributed by atoms with Gasteiger partial charge in [0.05, 0.1) is 11.4 Å². The maximum atomic E-state index is 5.52. The summed E-state index contributed by atoms with van der Waals surface area (Å²) < 4.78 is 0. The second-order valence-corrected chi connectivity index (χ2v) is 16.8. The molecule has 57 heavy (non-hydrogen) atoms. The van der Waals surface area contributed by atoms with Crippen molar-refractivity contribution in [2.24, 2.45) is 22.7 Å². The normalized spacial score (nSPS) is 25.0. The number of hydrogen-bond acceptors (Lipinski definition) is 4. The van der Waals surface area contributed by atoms with Gasteiger partial charge in [-0.15, -0.1) is 0 Å².